The summed E-state index contributed by atoms with van der Waals surface area (Å²) in [6, 6.07) is 6.70. The molecular formula is C18H28BrNO. The fraction of sp³-hybridized carbons (Fsp3) is 0.667. The molecule has 1 aromatic rings. The second kappa shape index (κ2) is 8.19. The van der Waals surface area contributed by atoms with E-state index in [-0.39, 0.29) is 0 Å². The number of hydrogen-bond acceptors (Lipinski definition) is 2. The standard InChI is InChI=1S/C18H28BrNO/c1-4-11-20-14(3)16-12-15(19)9-10-18(16)21-17-8-6-5-7-13(17)2/h9-10,12-14,17,20H,4-8,11H2,1-3H3. The molecule has 1 N–H and O–H groups in total. The van der Waals surface area contributed by atoms with Gasteiger partial charge in [0.05, 0.1) is 0 Å². The molecule has 0 saturated heterocycles. The Morgan fingerprint density at radius 3 is 2.81 bits per heavy atom. The highest BCUT2D eigenvalue weighted by Gasteiger charge is 2.24. The summed E-state index contributed by atoms with van der Waals surface area (Å²) in [5.74, 6) is 1.71. The van der Waals surface area contributed by atoms with Crippen molar-refractivity contribution < 1.29 is 4.74 Å². The Hall–Kier alpha value is -0.540. The van der Waals surface area contributed by atoms with E-state index in [1.807, 2.05) is 0 Å². The lowest BCUT2D eigenvalue weighted by Gasteiger charge is -2.31. The van der Waals surface area contributed by atoms with E-state index in [0.717, 1.165) is 23.2 Å². The predicted octanol–water partition coefficient (Wildman–Crippen LogP) is 5.47. The minimum atomic E-state index is 0.316. The molecule has 3 heteroatoms. The van der Waals surface area contributed by atoms with E-state index >= 15 is 0 Å². The number of hydrogen-bond donors (Lipinski definition) is 1. The minimum absolute atomic E-state index is 0.316. The molecule has 1 aromatic carbocycles. The smallest absolute Gasteiger partial charge is 0.124 e. The Labute approximate surface area is 137 Å². The molecule has 1 fully saturated rings. The minimum Gasteiger partial charge on any atom is -0.490 e. The molecule has 2 rings (SSSR count). The SMILES string of the molecule is CCCNC(C)c1cc(Br)ccc1OC1CCCCC1C. The average Bonchev–Trinajstić information content (AvgIpc) is 2.48. The zero-order valence-corrected chi connectivity index (χ0v) is 15.1. The zero-order valence-electron chi connectivity index (χ0n) is 13.5. The Morgan fingerprint density at radius 1 is 1.33 bits per heavy atom. The van der Waals surface area contributed by atoms with Crippen LogP contribution < -0.4 is 10.1 Å². The van der Waals surface area contributed by atoms with Crippen LogP contribution in [0.3, 0.4) is 0 Å². The third-order valence-electron chi connectivity index (χ3n) is 4.45. The van der Waals surface area contributed by atoms with E-state index in [2.05, 4.69) is 60.2 Å². The lowest BCUT2D eigenvalue weighted by Crippen LogP contribution is -2.29. The van der Waals surface area contributed by atoms with Crippen LogP contribution in [0.2, 0.25) is 0 Å². The first-order valence-electron chi connectivity index (χ1n) is 8.31. The number of nitrogens with one attached hydrogen (secondary N) is 1. The average molecular weight is 354 g/mol. The molecule has 1 aliphatic carbocycles. The first kappa shape index (κ1) is 16.8. The van der Waals surface area contributed by atoms with Gasteiger partial charge in [0.15, 0.2) is 0 Å². The molecule has 118 valence electrons. The van der Waals surface area contributed by atoms with Gasteiger partial charge in [-0.05, 0) is 63.3 Å². The van der Waals surface area contributed by atoms with Crippen molar-refractivity contribution in [2.24, 2.45) is 5.92 Å². The van der Waals surface area contributed by atoms with Crippen molar-refractivity contribution in [2.45, 2.75) is 65.0 Å². The van der Waals surface area contributed by atoms with Gasteiger partial charge in [-0.2, -0.15) is 0 Å². The normalized spacial score (nSPS) is 23.8. The molecule has 1 saturated carbocycles. The molecule has 1 aliphatic rings. The molecule has 0 heterocycles. The highest BCUT2D eigenvalue weighted by molar-refractivity contribution is 9.10. The van der Waals surface area contributed by atoms with Gasteiger partial charge in [0.2, 0.25) is 0 Å². The summed E-state index contributed by atoms with van der Waals surface area (Å²) in [5.41, 5.74) is 1.26. The van der Waals surface area contributed by atoms with Crippen molar-refractivity contribution in [1.29, 1.82) is 0 Å². The molecule has 3 unspecified atom stereocenters. The van der Waals surface area contributed by atoms with E-state index in [1.54, 1.807) is 0 Å². The number of ether oxygens (including phenoxy) is 1. The van der Waals surface area contributed by atoms with Crippen molar-refractivity contribution in [3.05, 3.63) is 28.2 Å². The van der Waals surface area contributed by atoms with Gasteiger partial charge in [0, 0.05) is 16.1 Å². The topological polar surface area (TPSA) is 21.3 Å². The molecule has 21 heavy (non-hydrogen) atoms. The maximum absolute atomic E-state index is 6.39. The molecule has 0 amide bonds. The van der Waals surface area contributed by atoms with Crippen molar-refractivity contribution >= 4 is 15.9 Å². The van der Waals surface area contributed by atoms with E-state index in [1.165, 1.54) is 31.2 Å². The summed E-state index contributed by atoms with van der Waals surface area (Å²) >= 11 is 3.59. The van der Waals surface area contributed by atoms with E-state index in [0.29, 0.717) is 18.1 Å². The zero-order chi connectivity index (χ0) is 15.2. The Balaban J connectivity index is 2.13. The molecule has 0 aliphatic heterocycles. The Morgan fingerprint density at radius 2 is 2.10 bits per heavy atom. The second-order valence-electron chi connectivity index (χ2n) is 6.28. The molecule has 0 spiro atoms. The lowest BCUT2D eigenvalue weighted by atomic mass is 9.88. The van der Waals surface area contributed by atoms with E-state index < -0.39 is 0 Å². The maximum Gasteiger partial charge on any atom is 0.124 e. The van der Waals surface area contributed by atoms with Crippen LogP contribution in [-0.2, 0) is 0 Å². The molecule has 0 aromatic heterocycles. The largest absolute Gasteiger partial charge is 0.490 e. The molecule has 2 nitrogen and oxygen atoms in total. The van der Waals surface area contributed by atoms with Crippen LogP contribution in [0.5, 0.6) is 5.75 Å². The van der Waals surface area contributed by atoms with Crippen LogP contribution in [0.1, 0.15) is 64.5 Å². The van der Waals surface area contributed by atoms with E-state index in [4.69, 9.17) is 4.74 Å². The van der Waals surface area contributed by atoms with Crippen LogP contribution in [0.4, 0.5) is 0 Å². The fourth-order valence-corrected chi connectivity index (χ4v) is 3.44. The van der Waals surface area contributed by atoms with Crippen LogP contribution in [0, 0.1) is 5.92 Å². The fourth-order valence-electron chi connectivity index (χ4n) is 3.06. The Kier molecular flexibility index (Phi) is 6.56. The lowest BCUT2D eigenvalue weighted by molar-refractivity contribution is 0.101. The predicted molar refractivity (Wildman–Crippen MR) is 92.9 cm³/mol. The van der Waals surface area contributed by atoms with Gasteiger partial charge in [0.1, 0.15) is 11.9 Å². The van der Waals surface area contributed by atoms with Gasteiger partial charge in [-0.3, -0.25) is 0 Å². The van der Waals surface area contributed by atoms with Crippen molar-refractivity contribution in [1.82, 2.24) is 5.32 Å². The molecular weight excluding hydrogens is 326 g/mol. The van der Waals surface area contributed by atoms with Crippen LogP contribution in [0.25, 0.3) is 0 Å². The van der Waals surface area contributed by atoms with Gasteiger partial charge in [-0.25, -0.2) is 0 Å². The van der Waals surface area contributed by atoms with Gasteiger partial charge in [-0.15, -0.1) is 0 Å². The number of benzene rings is 1. The highest BCUT2D eigenvalue weighted by Crippen LogP contribution is 2.33. The van der Waals surface area contributed by atoms with Gasteiger partial charge in [-0.1, -0.05) is 36.2 Å². The quantitative estimate of drug-likeness (QED) is 0.732. The summed E-state index contributed by atoms with van der Waals surface area (Å²) in [4.78, 5) is 0. The summed E-state index contributed by atoms with van der Waals surface area (Å²) in [5, 5.41) is 3.56. The maximum atomic E-state index is 6.39. The van der Waals surface area contributed by atoms with E-state index in [9.17, 15) is 0 Å². The number of halogens is 1. The first-order chi connectivity index (χ1) is 10.1. The van der Waals surface area contributed by atoms with Gasteiger partial charge < -0.3 is 10.1 Å². The van der Waals surface area contributed by atoms with Crippen molar-refractivity contribution in [3.8, 4) is 5.75 Å². The monoisotopic (exact) mass is 353 g/mol. The Bertz CT molecular complexity index is 449. The molecule has 0 bridgehead atoms. The van der Waals surface area contributed by atoms with Crippen molar-refractivity contribution in [2.75, 3.05) is 6.54 Å². The molecule has 0 radical (unpaired) electrons. The molecule has 3 atom stereocenters. The van der Waals surface area contributed by atoms with Crippen LogP contribution >= 0.6 is 15.9 Å². The third kappa shape index (κ3) is 4.72. The second-order valence-corrected chi connectivity index (χ2v) is 7.19. The third-order valence-corrected chi connectivity index (χ3v) is 4.94. The van der Waals surface area contributed by atoms with Crippen LogP contribution in [0.15, 0.2) is 22.7 Å². The summed E-state index contributed by atoms with van der Waals surface area (Å²) in [7, 11) is 0. The first-order valence-corrected chi connectivity index (χ1v) is 9.10. The van der Waals surface area contributed by atoms with Gasteiger partial charge in [0.25, 0.3) is 0 Å². The summed E-state index contributed by atoms with van der Waals surface area (Å²) in [6.07, 6.45) is 6.65. The van der Waals surface area contributed by atoms with Gasteiger partial charge >= 0.3 is 0 Å². The van der Waals surface area contributed by atoms with Crippen molar-refractivity contribution in [3.63, 3.8) is 0 Å². The highest BCUT2D eigenvalue weighted by atomic mass is 79.9. The summed E-state index contributed by atoms with van der Waals surface area (Å²) in [6.45, 7) is 7.77. The van der Waals surface area contributed by atoms with Crippen LogP contribution in [-0.4, -0.2) is 12.6 Å². The number of rotatable bonds is 6. The summed E-state index contributed by atoms with van der Waals surface area (Å²) < 4.78 is 7.51.